The molecule has 0 saturated heterocycles. The first-order chi connectivity index (χ1) is 11.4. The van der Waals surface area contributed by atoms with Crippen molar-refractivity contribution in [2.75, 3.05) is 18.9 Å². The SMILES string of the molecule is CCn1cc(CN(C)CCC(=O)Nc2cccc(C)c2C)c(C)n1. The van der Waals surface area contributed by atoms with Crippen molar-refractivity contribution >= 4 is 11.6 Å². The summed E-state index contributed by atoms with van der Waals surface area (Å²) in [6.45, 7) is 10.6. The lowest BCUT2D eigenvalue weighted by atomic mass is 10.1. The molecule has 0 bridgehead atoms. The van der Waals surface area contributed by atoms with Crippen LogP contribution in [0.3, 0.4) is 0 Å². The zero-order valence-corrected chi connectivity index (χ0v) is 15.4. The van der Waals surface area contributed by atoms with E-state index in [9.17, 15) is 4.79 Å². The Balaban J connectivity index is 1.84. The maximum Gasteiger partial charge on any atom is 0.225 e. The molecule has 0 radical (unpaired) electrons. The third-order valence-corrected chi connectivity index (χ3v) is 4.41. The van der Waals surface area contributed by atoms with Crippen molar-refractivity contribution in [3.63, 3.8) is 0 Å². The second-order valence-electron chi connectivity index (χ2n) is 6.38. The zero-order chi connectivity index (χ0) is 17.7. The fourth-order valence-corrected chi connectivity index (χ4v) is 2.64. The molecule has 0 atom stereocenters. The summed E-state index contributed by atoms with van der Waals surface area (Å²) in [6.07, 6.45) is 2.56. The van der Waals surface area contributed by atoms with Gasteiger partial charge in [0.15, 0.2) is 0 Å². The van der Waals surface area contributed by atoms with Gasteiger partial charge in [-0.2, -0.15) is 5.10 Å². The lowest BCUT2D eigenvalue weighted by Gasteiger charge is -2.16. The van der Waals surface area contributed by atoms with E-state index in [1.807, 2.05) is 37.7 Å². The van der Waals surface area contributed by atoms with Crippen LogP contribution in [-0.4, -0.2) is 34.2 Å². The van der Waals surface area contributed by atoms with E-state index < -0.39 is 0 Å². The van der Waals surface area contributed by atoms with Gasteiger partial charge in [-0.05, 0) is 51.9 Å². The number of amides is 1. The van der Waals surface area contributed by atoms with Crippen LogP contribution in [0.25, 0.3) is 0 Å². The highest BCUT2D eigenvalue weighted by atomic mass is 16.1. The molecule has 0 aliphatic heterocycles. The number of aryl methyl sites for hydroxylation is 3. The number of carbonyl (C=O) groups is 1. The summed E-state index contributed by atoms with van der Waals surface area (Å²) in [4.78, 5) is 14.4. The minimum Gasteiger partial charge on any atom is -0.326 e. The average molecular weight is 328 g/mol. The highest BCUT2D eigenvalue weighted by Crippen LogP contribution is 2.18. The van der Waals surface area contributed by atoms with Crippen LogP contribution < -0.4 is 5.32 Å². The Morgan fingerprint density at radius 2 is 2.04 bits per heavy atom. The molecular formula is C19H28N4O. The van der Waals surface area contributed by atoms with E-state index in [1.165, 1.54) is 11.1 Å². The molecule has 130 valence electrons. The third-order valence-electron chi connectivity index (χ3n) is 4.41. The number of anilines is 1. The van der Waals surface area contributed by atoms with Crippen LogP contribution in [0.2, 0.25) is 0 Å². The lowest BCUT2D eigenvalue weighted by molar-refractivity contribution is -0.116. The maximum absolute atomic E-state index is 12.2. The summed E-state index contributed by atoms with van der Waals surface area (Å²) < 4.78 is 1.95. The fourth-order valence-electron chi connectivity index (χ4n) is 2.64. The van der Waals surface area contributed by atoms with Crippen molar-refractivity contribution < 1.29 is 4.79 Å². The number of hydrogen-bond donors (Lipinski definition) is 1. The summed E-state index contributed by atoms with van der Waals surface area (Å²) in [6, 6.07) is 5.97. The number of carbonyl (C=O) groups excluding carboxylic acids is 1. The molecule has 1 heterocycles. The molecule has 0 saturated carbocycles. The second kappa shape index (κ2) is 8.11. The molecule has 0 spiro atoms. The number of nitrogens with zero attached hydrogens (tertiary/aromatic N) is 3. The lowest BCUT2D eigenvalue weighted by Crippen LogP contribution is -2.24. The highest BCUT2D eigenvalue weighted by Gasteiger charge is 2.10. The van der Waals surface area contributed by atoms with Crippen LogP contribution in [0, 0.1) is 20.8 Å². The van der Waals surface area contributed by atoms with Crippen molar-refractivity contribution in [3.05, 3.63) is 46.8 Å². The van der Waals surface area contributed by atoms with E-state index in [4.69, 9.17) is 0 Å². The summed E-state index contributed by atoms with van der Waals surface area (Å²) in [5.74, 6) is 0.0523. The maximum atomic E-state index is 12.2. The molecule has 2 aromatic rings. The molecule has 1 amide bonds. The van der Waals surface area contributed by atoms with Crippen LogP contribution >= 0.6 is 0 Å². The van der Waals surface area contributed by atoms with Gasteiger partial charge in [-0.25, -0.2) is 0 Å². The Morgan fingerprint density at radius 1 is 1.29 bits per heavy atom. The van der Waals surface area contributed by atoms with E-state index >= 15 is 0 Å². The Bertz CT molecular complexity index is 705. The fraction of sp³-hybridized carbons (Fsp3) is 0.474. The van der Waals surface area contributed by atoms with Crippen molar-refractivity contribution in [2.24, 2.45) is 0 Å². The first kappa shape index (κ1) is 18.2. The molecule has 5 nitrogen and oxygen atoms in total. The van der Waals surface area contributed by atoms with Crippen LogP contribution in [0.4, 0.5) is 5.69 Å². The van der Waals surface area contributed by atoms with Crippen LogP contribution in [-0.2, 0) is 17.9 Å². The summed E-state index contributed by atoms with van der Waals surface area (Å²) in [5.41, 5.74) is 5.50. The Kier molecular flexibility index (Phi) is 6.15. The minimum absolute atomic E-state index is 0.0523. The number of hydrogen-bond acceptors (Lipinski definition) is 3. The van der Waals surface area contributed by atoms with E-state index in [0.29, 0.717) is 13.0 Å². The Labute approximate surface area is 144 Å². The van der Waals surface area contributed by atoms with Gasteiger partial charge in [-0.15, -0.1) is 0 Å². The molecule has 0 fully saturated rings. The van der Waals surface area contributed by atoms with Gasteiger partial charge < -0.3 is 10.2 Å². The largest absolute Gasteiger partial charge is 0.326 e. The molecule has 2 rings (SSSR count). The number of aromatic nitrogens is 2. The van der Waals surface area contributed by atoms with Gasteiger partial charge in [0, 0.05) is 43.5 Å². The van der Waals surface area contributed by atoms with Crippen molar-refractivity contribution in [1.82, 2.24) is 14.7 Å². The zero-order valence-electron chi connectivity index (χ0n) is 15.4. The summed E-state index contributed by atoms with van der Waals surface area (Å²) in [7, 11) is 2.04. The standard InChI is InChI=1S/C19H28N4O/c1-6-23-13-17(16(4)21-23)12-22(5)11-10-19(24)20-18-9-7-8-14(2)15(18)3/h7-9,13H,6,10-12H2,1-5H3,(H,20,24). The first-order valence-electron chi connectivity index (χ1n) is 8.48. The van der Waals surface area contributed by atoms with E-state index in [-0.39, 0.29) is 5.91 Å². The molecule has 0 aliphatic rings. The van der Waals surface area contributed by atoms with Crippen LogP contribution in [0.5, 0.6) is 0 Å². The van der Waals surface area contributed by atoms with E-state index in [0.717, 1.165) is 30.0 Å². The molecule has 1 N–H and O–H groups in total. The van der Waals surface area contributed by atoms with E-state index in [1.54, 1.807) is 0 Å². The molecular weight excluding hydrogens is 300 g/mol. The van der Waals surface area contributed by atoms with Gasteiger partial charge in [0.2, 0.25) is 5.91 Å². The monoisotopic (exact) mass is 328 g/mol. The number of nitrogens with one attached hydrogen (secondary N) is 1. The smallest absolute Gasteiger partial charge is 0.225 e. The number of benzene rings is 1. The third kappa shape index (κ3) is 4.68. The highest BCUT2D eigenvalue weighted by molar-refractivity contribution is 5.91. The molecule has 1 aromatic heterocycles. The van der Waals surface area contributed by atoms with Gasteiger partial charge in [0.1, 0.15) is 0 Å². The number of rotatable bonds is 7. The summed E-state index contributed by atoms with van der Waals surface area (Å²) in [5, 5.41) is 7.47. The minimum atomic E-state index is 0.0523. The molecule has 0 aliphatic carbocycles. The molecule has 24 heavy (non-hydrogen) atoms. The van der Waals surface area contributed by atoms with Crippen LogP contribution in [0.15, 0.2) is 24.4 Å². The van der Waals surface area contributed by atoms with Gasteiger partial charge in [-0.3, -0.25) is 9.48 Å². The Morgan fingerprint density at radius 3 is 2.71 bits per heavy atom. The van der Waals surface area contributed by atoms with Gasteiger partial charge in [-0.1, -0.05) is 12.1 Å². The molecule has 0 unspecified atom stereocenters. The molecule has 5 heteroatoms. The second-order valence-corrected chi connectivity index (χ2v) is 6.38. The van der Waals surface area contributed by atoms with Crippen molar-refractivity contribution in [2.45, 2.75) is 47.2 Å². The van der Waals surface area contributed by atoms with E-state index in [2.05, 4.69) is 41.4 Å². The topological polar surface area (TPSA) is 50.2 Å². The molecule has 1 aromatic carbocycles. The average Bonchev–Trinajstić information content (AvgIpc) is 2.90. The van der Waals surface area contributed by atoms with Crippen molar-refractivity contribution in [3.8, 4) is 0 Å². The Hall–Kier alpha value is -2.14. The van der Waals surface area contributed by atoms with Crippen molar-refractivity contribution in [1.29, 1.82) is 0 Å². The van der Waals surface area contributed by atoms with Gasteiger partial charge in [0.25, 0.3) is 0 Å². The first-order valence-corrected chi connectivity index (χ1v) is 8.48. The van der Waals surface area contributed by atoms with Gasteiger partial charge in [0.05, 0.1) is 5.69 Å². The van der Waals surface area contributed by atoms with Crippen LogP contribution in [0.1, 0.15) is 35.7 Å². The summed E-state index contributed by atoms with van der Waals surface area (Å²) >= 11 is 0. The predicted molar refractivity (Wildman–Crippen MR) is 98.1 cm³/mol. The predicted octanol–water partition coefficient (Wildman–Crippen LogP) is 3.29. The normalized spacial score (nSPS) is 11.1. The quantitative estimate of drug-likeness (QED) is 0.848. The van der Waals surface area contributed by atoms with Gasteiger partial charge >= 0.3 is 0 Å².